The van der Waals surface area contributed by atoms with Crippen molar-refractivity contribution in [2.24, 2.45) is 5.73 Å². The van der Waals surface area contributed by atoms with Crippen LogP contribution in [0.2, 0.25) is 0 Å². The Kier molecular flexibility index (Phi) is 4.03. The van der Waals surface area contributed by atoms with Gasteiger partial charge in [-0.1, -0.05) is 0 Å². The van der Waals surface area contributed by atoms with E-state index < -0.39 is 11.4 Å². The first-order valence-electron chi connectivity index (χ1n) is 5.13. The van der Waals surface area contributed by atoms with E-state index in [2.05, 4.69) is 10.4 Å². The van der Waals surface area contributed by atoms with Crippen LogP contribution in [0.1, 0.15) is 19.4 Å². The number of aliphatic hydroxyl groups excluding tert-OH is 1. The number of carbonyl (C=O) groups is 1. The third-order valence-corrected chi connectivity index (χ3v) is 2.37. The fraction of sp³-hybridized carbons (Fsp3) is 0.600. The molecular formula is C10H18N4O2. The zero-order chi connectivity index (χ0) is 12.2. The Labute approximate surface area is 94.4 Å². The zero-order valence-corrected chi connectivity index (χ0v) is 9.60. The first-order chi connectivity index (χ1) is 7.45. The van der Waals surface area contributed by atoms with Gasteiger partial charge in [0.25, 0.3) is 0 Å². The van der Waals surface area contributed by atoms with Crippen molar-refractivity contribution in [1.29, 1.82) is 0 Å². The van der Waals surface area contributed by atoms with Gasteiger partial charge in [0.1, 0.15) is 0 Å². The molecule has 0 aliphatic rings. The average Bonchev–Trinajstić information content (AvgIpc) is 2.63. The van der Waals surface area contributed by atoms with Crippen molar-refractivity contribution in [3.63, 3.8) is 0 Å². The molecule has 0 aromatic carbocycles. The average molecular weight is 226 g/mol. The van der Waals surface area contributed by atoms with Gasteiger partial charge in [0.15, 0.2) is 0 Å². The third-order valence-electron chi connectivity index (χ3n) is 2.37. The normalized spacial score (nSPS) is 11.7. The standard InChI is InChI=1S/C10H18N4O2/c1-10(2,9(11)16)12-5-8-6-13-14(7-8)3-4-15/h6-7,12,15H,3-5H2,1-2H3,(H2,11,16). The Balaban J connectivity index is 2.51. The fourth-order valence-corrected chi connectivity index (χ4v) is 1.13. The summed E-state index contributed by atoms with van der Waals surface area (Å²) in [5.74, 6) is -0.393. The molecule has 6 heteroatoms. The number of rotatable bonds is 6. The number of aromatic nitrogens is 2. The molecule has 0 unspecified atom stereocenters. The number of carbonyl (C=O) groups excluding carboxylic acids is 1. The lowest BCUT2D eigenvalue weighted by molar-refractivity contribution is -0.123. The Morgan fingerprint density at radius 1 is 1.69 bits per heavy atom. The SMILES string of the molecule is CC(C)(NCc1cnn(CCO)c1)C(N)=O. The van der Waals surface area contributed by atoms with Crippen LogP contribution in [0.5, 0.6) is 0 Å². The van der Waals surface area contributed by atoms with Crippen LogP contribution in [0.3, 0.4) is 0 Å². The molecule has 1 rings (SSSR count). The first kappa shape index (κ1) is 12.7. The van der Waals surface area contributed by atoms with Crippen LogP contribution < -0.4 is 11.1 Å². The predicted molar refractivity (Wildman–Crippen MR) is 59.4 cm³/mol. The molecule has 0 spiro atoms. The van der Waals surface area contributed by atoms with E-state index in [0.717, 1.165) is 5.56 Å². The van der Waals surface area contributed by atoms with Crippen LogP contribution in [-0.4, -0.2) is 32.9 Å². The molecule has 0 atom stereocenters. The third kappa shape index (κ3) is 3.32. The summed E-state index contributed by atoms with van der Waals surface area (Å²) in [6, 6.07) is 0. The lowest BCUT2D eigenvalue weighted by Gasteiger charge is -2.21. The number of nitrogens with one attached hydrogen (secondary N) is 1. The fourth-order valence-electron chi connectivity index (χ4n) is 1.13. The molecule has 0 aliphatic heterocycles. The molecule has 0 radical (unpaired) electrons. The molecule has 0 saturated heterocycles. The molecule has 1 aromatic heterocycles. The summed E-state index contributed by atoms with van der Waals surface area (Å²) in [6.07, 6.45) is 3.51. The summed E-state index contributed by atoms with van der Waals surface area (Å²) >= 11 is 0. The summed E-state index contributed by atoms with van der Waals surface area (Å²) in [5, 5.41) is 15.8. The second-order valence-corrected chi connectivity index (χ2v) is 4.18. The summed E-state index contributed by atoms with van der Waals surface area (Å²) in [7, 11) is 0. The number of nitrogens with two attached hydrogens (primary N) is 1. The molecule has 0 saturated carbocycles. The minimum absolute atomic E-state index is 0.0569. The topological polar surface area (TPSA) is 93.2 Å². The second-order valence-electron chi connectivity index (χ2n) is 4.18. The highest BCUT2D eigenvalue weighted by Crippen LogP contribution is 2.04. The Morgan fingerprint density at radius 3 is 2.94 bits per heavy atom. The lowest BCUT2D eigenvalue weighted by atomic mass is 10.1. The Bertz CT molecular complexity index is 359. The van der Waals surface area contributed by atoms with Gasteiger partial charge in [0.2, 0.25) is 5.91 Å². The van der Waals surface area contributed by atoms with Crippen LogP contribution in [0.15, 0.2) is 12.4 Å². The van der Waals surface area contributed by atoms with Crippen molar-refractivity contribution in [3.8, 4) is 0 Å². The van der Waals surface area contributed by atoms with Crippen LogP contribution in [0.4, 0.5) is 0 Å². The van der Waals surface area contributed by atoms with Crippen molar-refractivity contribution >= 4 is 5.91 Å². The van der Waals surface area contributed by atoms with Crippen LogP contribution >= 0.6 is 0 Å². The highest BCUT2D eigenvalue weighted by atomic mass is 16.3. The Morgan fingerprint density at radius 2 is 2.38 bits per heavy atom. The smallest absolute Gasteiger partial charge is 0.237 e. The van der Waals surface area contributed by atoms with E-state index in [1.807, 2.05) is 6.20 Å². The van der Waals surface area contributed by atoms with Gasteiger partial charge in [-0.3, -0.25) is 14.8 Å². The number of hydrogen-bond acceptors (Lipinski definition) is 4. The zero-order valence-electron chi connectivity index (χ0n) is 9.60. The number of nitrogens with zero attached hydrogens (tertiary/aromatic N) is 2. The second kappa shape index (κ2) is 5.09. The minimum atomic E-state index is -0.737. The maximum absolute atomic E-state index is 11.1. The van der Waals surface area contributed by atoms with Crippen molar-refractivity contribution < 1.29 is 9.90 Å². The molecule has 0 aliphatic carbocycles. The van der Waals surface area contributed by atoms with Crippen molar-refractivity contribution in [2.75, 3.05) is 6.61 Å². The highest BCUT2D eigenvalue weighted by Gasteiger charge is 2.23. The van der Waals surface area contributed by atoms with E-state index in [1.54, 1.807) is 24.7 Å². The molecule has 1 heterocycles. The van der Waals surface area contributed by atoms with Gasteiger partial charge < -0.3 is 10.8 Å². The number of primary amides is 1. The Hall–Kier alpha value is -1.40. The number of amides is 1. The van der Waals surface area contributed by atoms with E-state index in [0.29, 0.717) is 13.1 Å². The quantitative estimate of drug-likeness (QED) is 0.593. The van der Waals surface area contributed by atoms with E-state index >= 15 is 0 Å². The predicted octanol–water partition coefficient (Wildman–Crippen LogP) is -0.771. The monoisotopic (exact) mass is 226 g/mol. The van der Waals surface area contributed by atoms with Gasteiger partial charge in [-0.15, -0.1) is 0 Å². The van der Waals surface area contributed by atoms with Gasteiger partial charge in [-0.25, -0.2) is 0 Å². The summed E-state index contributed by atoms with van der Waals surface area (Å²) in [5.41, 5.74) is 5.44. The van der Waals surface area contributed by atoms with Crippen molar-refractivity contribution in [2.45, 2.75) is 32.5 Å². The first-order valence-corrected chi connectivity index (χ1v) is 5.13. The minimum Gasteiger partial charge on any atom is -0.394 e. The van der Waals surface area contributed by atoms with Crippen LogP contribution in [0, 0.1) is 0 Å². The van der Waals surface area contributed by atoms with Gasteiger partial charge in [-0.05, 0) is 13.8 Å². The summed E-state index contributed by atoms with van der Waals surface area (Å²) in [4.78, 5) is 11.1. The van der Waals surface area contributed by atoms with E-state index in [1.165, 1.54) is 0 Å². The summed E-state index contributed by atoms with van der Waals surface area (Å²) < 4.78 is 1.65. The maximum Gasteiger partial charge on any atom is 0.237 e. The number of hydrogen-bond donors (Lipinski definition) is 3. The molecule has 4 N–H and O–H groups in total. The van der Waals surface area contributed by atoms with E-state index in [4.69, 9.17) is 10.8 Å². The molecule has 0 bridgehead atoms. The molecule has 1 amide bonds. The maximum atomic E-state index is 11.1. The molecular weight excluding hydrogens is 208 g/mol. The molecule has 1 aromatic rings. The molecule has 0 fully saturated rings. The van der Waals surface area contributed by atoms with Crippen molar-refractivity contribution in [3.05, 3.63) is 18.0 Å². The largest absolute Gasteiger partial charge is 0.394 e. The van der Waals surface area contributed by atoms with Gasteiger partial charge in [0, 0.05) is 18.3 Å². The van der Waals surface area contributed by atoms with Crippen molar-refractivity contribution in [1.82, 2.24) is 15.1 Å². The lowest BCUT2D eigenvalue weighted by Crippen LogP contribution is -2.50. The molecule has 16 heavy (non-hydrogen) atoms. The molecule has 6 nitrogen and oxygen atoms in total. The number of aliphatic hydroxyl groups is 1. The highest BCUT2D eigenvalue weighted by molar-refractivity contribution is 5.83. The molecule has 90 valence electrons. The summed E-state index contributed by atoms with van der Waals surface area (Å²) in [6.45, 7) is 4.50. The van der Waals surface area contributed by atoms with E-state index in [-0.39, 0.29) is 6.61 Å². The van der Waals surface area contributed by atoms with Gasteiger partial charge >= 0.3 is 0 Å². The van der Waals surface area contributed by atoms with Gasteiger partial charge in [-0.2, -0.15) is 5.10 Å². The van der Waals surface area contributed by atoms with Crippen LogP contribution in [0.25, 0.3) is 0 Å². The van der Waals surface area contributed by atoms with E-state index in [9.17, 15) is 4.79 Å². The van der Waals surface area contributed by atoms with Crippen LogP contribution in [-0.2, 0) is 17.9 Å². The van der Waals surface area contributed by atoms with Gasteiger partial charge in [0.05, 0.1) is 24.9 Å².